The molecule has 0 saturated carbocycles. The van der Waals surface area contributed by atoms with Crippen molar-refractivity contribution in [2.24, 2.45) is 0 Å². The predicted molar refractivity (Wildman–Crippen MR) is 128 cm³/mol. The van der Waals surface area contributed by atoms with Gasteiger partial charge in [-0.25, -0.2) is 0 Å². The van der Waals surface area contributed by atoms with Gasteiger partial charge in [-0.2, -0.15) is 0 Å². The summed E-state index contributed by atoms with van der Waals surface area (Å²) in [6, 6.07) is 12.5. The molecule has 0 aromatic heterocycles. The standard InChI is InChI=1S/C24H37N2O3P/c1-8-26(9-2)22-14-12-21(13-15-22)24(30(27,28-10-3)29-11-4)25-23-19(6)16-18(5)17-20(23)7/h12-17,24-25H,8-11H2,1-7H3. The lowest BCUT2D eigenvalue weighted by Gasteiger charge is -2.30. The Labute approximate surface area is 182 Å². The zero-order valence-corrected chi connectivity index (χ0v) is 20.4. The van der Waals surface area contributed by atoms with Crippen LogP contribution in [-0.2, 0) is 13.6 Å². The van der Waals surface area contributed by atoms with E-state index in [9.17, 15) is 4.57 Å². The molecule has 0 radical (unpaired) electrons. The van der Waals surface area contributed by atoms with Gasteiger partial charge in [0.15, 0.2) is 5.78 Å². The SMILES string of the molecule is CCOP(=O)(OCC)C(Nc1c(C)cc(C)cc1C)c1ccc(N(CC)CC)cc1. The van der Waals surface area contributed by atoms with E-state index in [1.807, 2.05) is 26.0 Å². The number of hydrogen-bond donors (Lipinski definition) is 1. The number of benzene rings is 2. The Hall–Kier alpha value is -1.81. The van der Waals surface area contributed by atoms with E-state index < -0.39 is 13.4 Å². The Kier molecular flexibility index (Phi) is 8.96. The molecule has 0 bridgehead atoms. The van der Waals surface area contributed by atoms with E-state index in [1.165, 1.54) is 5.56 Å². The topological polar surface area (TPSA) is 50.8 Å². The Morgan fingerprint density at radius 3 is 1.83 bits per heavy atom. The Bertz CT molecular complexity index is 830. The zero-order chi connectivity index (χ0) is 22.3. The third-order valence-corrected chi connectivity index (χ3v) is 7.53. The maximum Gasteiger partial charge on any atom is 0.357 e. The average Bonchev–Trinajstić information content (AvgIpc) is 2.69. The molecule has 0 spiro atoms. The van der Waals surface area contributed by atoms with Gasteiger partial charge < -0.3 is 19.3 Å². The molecule has 6 heteroatoms. The van der Waals surface area contributed by atoms with Gasteiger partial charge in [-0.3, -0.25) is 4.57 Å². The summed E-state index contributed by atoms with van der Waals surface area (Å²) in [5.74, 6) is -0.594. The van der Waals surface area contributed by atoms with Crippen molar-refractivity contribution < 1.29 is 13.6 Å². The van der Waals surface area contributed by atoms with Crippen LogP contribution in [-0.4, -0.2) is 26.3 Å². The van der Waals surface area contributed by atoms with Crippen molar-refractivity contribution in [1.82, 2.24) is 0 Å². The Morgan fingerprint density at radius 1 is 0.900 bits per heavy atom. The minimum Gasteiger partial charge on any atom is -0.372 e. The fourth-order valence-electron chi connectivity index (χ4n) is 3.89. The molecule has 0 saturated heterocycles. The minimum atomic E-state index is -3.45. The highest BCUT2D eigenvalue weighted by molar-refractivity contribution is 7.54. The lowest BCUT2D eigenvalue weighted by molar-refractivity contribution is 0.214. The molecule has 1 unspecified atom stereocenters. The van der Waals surface area contributed by atoms with Crippen molar-refractivity contribution in [3.05, 3.63) is 58.7 Å². The first-order valence-corrected chi connectivity index (χ1v) is 12.5. The molecule has 5 nitrogen and oxygen atoms in total. The molecule has 0 aliphatic heterocycles. The van der Waals surface area contributed by atoms with Gasteiger partial charge >= 0.3 is 7.60 Å². The number of aryl methyl sites for hydroxylation is 3. The molecule has 0 amide bonds. The molecule has 2 aromatic rings. The highest BCUT2D eigenvalue weighted by atomic mass is 31.2. The van der Waals surface area contributed by atoms with Crippen molar-refractivity contribution in [2.45, 2.75) is 54.2 Å². The van der Waals surface area contributed by atoms with Gasteiger partial charge in [-0.15, -0.1) is 0 Å². The lowest BCUT2D eigenvalue weighted by Crippen LogP contribution is -2.22. The van der Waals surface area contributed by atoms with E-state index in [1.54, 1.807) is 0 Å². The van der Waals surface area contributed by atoms with Crippen LogP contribution in [0.4, 0.5) is 11.4 Å². The van der Waals surface area contributed by atoms with E-state index in [2.05, 4.69) is 69.1 Å². The molecule has 2 rings (SSSR count). The molecule has 0 aliphatic carbocycles. The van der Waals surface area contributed by atoms with E-state index in [4.69, 9.17) is 9.05 Å². The van der Waals surface area contributed by atoms with Gasteiger partial charge in [0.1, 0.15) is 0 Å². The smallest absolute Gasteiger partial charge is 0.357 e. The van der Waals surface area contributed by atoms with Crippen molar-refractivity contribution in [2.75, 3.05) is 36.5 Å². The third kappa shape index (κ3) is 5.66. The van der Waals surface area contributed by atoms with Crippen molar-refractivity contribution >= 4 is 19.0 Å². The molecule has 0 heterocycles. The monoisotopic (exact) mass is 432 g/mol. The van der Waals surface area contributed by atoms with Gasteiger partial charge in [-0.05, 0) is 77.3 Å². The first-order chi connectivity index (χ1) is 14.3. The largest absolute Gasteiger partial charge is 0.372 e. The van der Waals surface area contributed by atoms with Crippen molar-refractivity contribution in [1.29, 1.82) is 0 Å². The number of anilines is 2. The van der Waals surface area contributed by atoms with E-state index >= 15 is 0 Å². The molecule has 2 aromatic carbocycles. The Morgan fingerprint density at radius 2 is 1.40 bits per heavy atom. The number of nitrogens with one attached hydrogen (secondary N) is 1. The van der Waals surface area contributed by atoms with Crippen LogP contribution in [0.25, 0.3) is 0 Å². The van der Waals surface area contributed by atoms with Crippen LogP contribution in [0, 0.1) is 20.8 Å². The second-order valence-corrected chi connectivity index (χ2v) is 9.57. The van der Waals surface area contributed by atoms with Crippen LogP contribution >= 0.6 is 7.60 Å². The lowest BCUT2D eigenvalue weighted by atomic mass is 10.0. The van der Waals surface area contributed by atoms with Gasteiger partial charge in [0.25, 0.3) is 0 Å². The molecule has 30 heavy (non-hydrogen) atoms. The number of hydrogen-bond acceptors (Lipinski definition) is 5. The number of rotatable bonds is 11. The first kappa shape index (κ1) is 24.5. The van der Waals surface area contributed by atoms with Crippen molar-refractivity contribution in [3.8, 4) is 0 Å². The highest BCUT2D eigenvalue weighted by Gasteiger charge is 2.37. The minimum absolute atomic E-state index is 0.318. The summed E-state index contributed by atoms with van der Waals surface area (Å²) in [6.07, 6.45) is 0. The van der Waals surface area contributed by atoms with E-state index in [0.717, 1.165) is 41.2 Å². The van der Waals surface area contributed by atoms with Crippen LogP contribution in [0.3, 0.4) is 0 Å². The van der Waals surface area contributed by atoms with Gasteiger partial charge in [-0.1, -0.05) is 29.8 Å². The highest BCUT2D eigenvalue weighted by Crippen LogP contribution is 2.61. The van der Waals surface area contributed by atoms with Gasteiger partial charge in [0.05, 0.1) is 13.2 Å². The first-order valence-electron chi connectivity index (χ1n) is 10.9. The Balaban J connectivity index is 2.53. The van der Waals surface area contributed by atoms with Gasteiger partial charge in [0.2, 0.25) is 0 Å². The van der Waals surface area contributed by atoms with Crippen LogP contribution in [0.1, 0.15) is 55.7 Å². The van der Waals surface area contributed by atoms with E-state index in [-0.39, 0.29) is 0 Å². The predicted octanol–water partition coefficient (Wildman–Crippen LogP) is 6.83. The molecular formula is C24H37N2O3P. The maximum absolute atomic E-state index is 13.8. The second-order valence-electron chi connectivity index (χ2n) is 7.46. The average molecular weight is 433 g/mol. The van der Waals surface area contributed by atoms with Crippen LogP contribution in [0.15, 0.2) is 36.4 Å². The summed E-state index contributed by atoms with van der Waals surface area (Å²) in [5, 5.41) is 3.52. The van der Waals surface area contributed by atoms with E-state index in [0.29, 0.717) is 13.2 Å². The quantitative estimate of drug-likeness (QED) is 0.394. The van der Waals surface area contributed by atoms with Gasteiger partial charge in [0, 0.05) is 24.5 Å². The van der Waals surface area contributed by atoms with Crippen molar-refractivity contribution in [3.63, 3.8) is 0 Å². The molecular weight excluding hydrogens is 395 g/mol. The molecule has 0 aliphatic rings. The van der Waals surface area contributed by atoms with Crippen LogP contribution in [0.5, 0.6) is 0 Å². The normalized spacial score (nSPS) is 12.6. The summed E-state index contributed by atoms with van der Waals surface area (Å²) < 4.78 is 25.3. The number of nitrogens with zero attached hydrogens (tertiary/aromatic N) is 1. The fourth-order valence-corrected chi connectivity index (χ4v) is 5.81. The van der Waals surface area contributed by atoms with Crippen LogP contribution < -0.4 is 10.2 Å². The summed E-state index contributed by atoms with van der Waals surface area (Å²) in [6.45, 7) is 16.7. The van der Waals surface area contributed by atoms with Crippen LogP contribution in [0.2, 0.25) is 0 Å². The summed E-state index contributed by atoms with van der Waals surface area (Å²) in [4.78, 5) is 2.28. The maximum atomic E-state index is 13.8. The zero-order valence-electron chi connectivity index (χ0n) is 19.5. The molecule has 166 valence electrons. The molecule has 1 atom stereocenters. The molecule has 0 fully saturated rings. The fraction of sp³-hybridized carbons (Fsp3) is 0.500. The summed E-state index contributed by atoms with van der Waals surface area (Å²) in [5.41, 5.74) is 6.42. The second kappa shape index (κ2) is 11.0. The summed E-state index contributed by atoms with van der Waals surface area (Å²) >= 11 is 0. The molecule has 1 N–H and O–H groups in total. The third-order valence-electron chi connectivity index (χ3n) is 5.23. The summed E-state index contributed by atoms with van der Waals surface area (Å²) in [7, 11) is -3.45.